The maximum atomic E-state index is 13.1. The Bertz CT molecular complexity index is 1090. The normalized spacial score (nSPS) is 13.2. The summed E-state index contributed by atoms with van der Waals surface area (Å²) in [7, 11) is -4.06. The molecule has 2 aromatic carbocycles. The molecule has 1 aliphatic rings. The third-order valence-electron chi connectivity index (χ3n) is 4.00. The highest BCUT2D eigenvalue weighted by Gasteiger charge is 2.20. The summed E-state index contributed by atoms with van der Waals surface area (Å²) in [4.78, 5) is 23.4. The summed E-state index contributed by atoms with van der Waals surface area (Å²) in [6, 6.07) is 6.75. The fraction of sp³-hybridized carbons (Fsp3) is 0.263. The van der Waals surface area contributed by atoms with Crippen LogP contribution in [0.25, 0.3) is 0 Å². The molecule has 0 radical (unpaired) electrons. The van der Waals surface area contributed by atoms with E-state index in [0.29, 0.717) is 25.4 Å². The number of carbonyl (C=O) groups is 2. The Labute approximate surface area is 176 Å². The standard InChI is InChI=1S/C19H18F2N2O7S/c20-14-4-2-12(8-15(14)21)23-18(24)11-30-19(25)10-22-31(26,27)13-3-5-16-17(9-13)29-7-1-6-28-16/h2-5,8-9,22H,1,6-7,10-11H2,(H,23,24). The average Bonchev–Trinajstić information content (AvgIpc) is 2.98. The van der Waals surface area contributed by atoms with Gasteiger partial charge in [-0.3, -0.25) is 9.59 Å². The maximum Gasteiger partial charge on any atom is 0.321 e. The van der Waals surface area contributed by atoms with Gasteiger partial charge in [0.2, 0.25) is 10.0 Å². The minimum atomic E-state index is -4.06. The summed E-state index contributed by atoms with van der Waals surface area (Å²) in [5.74, 6) is -3.37. The van der Waals surface area contributed by atoms with Gasteiger partial charge in [0.25, 0.3) is 5.91 Å². The number of hydrogen-bond acceptors (Lipinski definition) is 7. The van der Waals surface area contributed by atoms with Gasteiger partial charge in [-0.1, -0.05) is 0 Å². The molecule has 31 heavy (non-hydrogen) atoms. The molecule has 2 aromatic rings. The lowest BCUT2D eigenvalue weighted by Crippen LogP contribution is -2.32. The number of sulfonamides is 1. The highest BCUT2D eigenvalue weighted by molar-refractivity contribution is 7.89. The van der Waals surface area contributed by atoms with Crippen LogP contribution in [0.1, 0.15) is 6.42 Å². The number of anilines is 1. The first kappa shape index (κ1) is 22.4. The lowest BCUT2D eigenvalue weighted by Gasteiger charge is -2.11. The van der Waals surface area contributed by atoms with Gasteiger partial charge in [-0.05, 0) is 24.3 Å². The molecule has 9 nitrogen and oxygen atoms in total. The van der Waals surface area contributed by atoms with Crippen LogP contribution in [0.4, 0.5) is 14.5 Å². The molecule has 0 saturated heterocycles. The maximum absolute atomic E-state index is 13.1. The Kier molecular flexibility index (Phi) is 7.02. The van der Waals surface area contributed by atoms with E-state index in [9.17, 15) is 26.8 Å². The topological polar surface area (TPSA) is 120 Å². The number of carbonyl (C=O) groups excluding carboxylic acids is 2. The average molecular weight is 456 g/mol. The monoisotopic (exact) mass is 456 g/mol. The molecule has 0 atom stereocenters. The predicted octanol–water partition coefficient (Wildman–Crippen LogP) is 1.59. The van der Waals surface area contributed by atoms with Crippen molar-refractivity contribution >= 4 is 27.6 Å². The zero-order valence-corrected chi connectivity index (χ0v) is 16.8. The largest absolute Gasteiger partial charge is 0.490 e. The predicted molar refractivity (Wildman–Crippen MR) is 103 cm³/mol. The Hall–Kier alpha value is -3.25. The Morgan fingerprint density at radius 2 is 1.74 bits per heavy atom. The number of halogens is 2. The smallest absolute Gasteiger partial charge is 0.321 e. The van der Waals surface area contributed by atoms with E-state index in [1.54, 1.807) is 0 Å². The molecular weight excluding hydrogens is 438 g/mol. The van der Waals surface area contributed by atoms with Crippen LogP contribution in [0.2, 0.25) is 0 Å². The first-order valence-corrected chi connectivity index (χ1v) is 10.5. The molecule has 2 N–H and O–H groups in total. The van der Waals surface area contributed by atoms with Crippen molar-refractivity contribution in [3.8, 4) is 11.5 Å². The van der Waals surface area contributed by atoms with Gasteiger partial charge in [-0.15, -0.1) is 0 Å². The molecule has 1 heterocycles. The molecule has 0 spiro atoms. The van der Waals surface area contributed by atoms with E-state index in [-0.39, 0.29) is 16.3 Å². The van der Waals surface area contributed by atoms with Gasteiger partial charge in [0.1, 0.15) is 6.54 Å². The minimum Gasteiger partial charge on any atom is -0.490 e. The molecule has 12 heteroatoms. The number of esters is 1. The number of fused-ring (bicyclic) bond motifs is 1. The van der Waals surface area contributed by atoms with Crippen LogP contribution in [0.15, 0.2) is 41.3 Å². The van der Waals surface area contributed by atoms with Crippen molar-refractivity contribution in [1.29, 1.82) is 0 Å². The molecule has 3 rings (SSSR count). The van der Waals surface area contributed by atoms with Crippen molar-refractivity contribution in [2.45, 2.75) is 11.3 Å². The van der Waals surface area contributed by atoms with Gasteiger partial charge in [0, 0.05) is 24.2 Å². The molecule has 0 bridgehead atoms. The zero-order valence-electron chi connectivity index (χ0n) is 16.0. The van der Waals surface area contributed by atoms with E-state index < -0.39 is 46.7 Å². The van der Waals surface area contributed by atoms with Gasteiger partial charge in [-0.25, -0.2) is 17.2 Å². The molecule has 166 valence electrons. The second kappa shape index (κ2) is 9.71. The van der Waals surface area contributed by atoms with Gasteiger partial charge in [0.05, 0.1) is 18.1 Å². The lowest BCUT2D eigenvalue weighted by atomic mass is 10.3. The summed E-state index contributed by atoms with van der Waals surface area (Å²) < 4.78 is 68.4. The Balaban J connectivity index is 1.50. The second-order valence-electron chi connectivity index (χ2n) is 6.32. The van der Waals surface area contributed by atoms with Crippen molar-refractivity contribution in [2.24, 2.45) is 0 Å². The van der Waals surface area contributed by atoms with Crippen LogP contribution in [0, 0.1) is 11.6 Å². The van der Waals surface area contributed by atoms with Gasteiger partial charge in [-0.2, -0.15) is 4.72 Å². The number of rotatable bonds is 7. The SMILES string of the molecule is O=C(COC(=O)CNS(=O)(=O)c1ccc2c(c1)OCCCO2)Nc1ccc(F)c(F)c1. The van der Waals surface area contributed by atoms with E-state index in [0.717, 1.165) is 18.2 Å². The van der Waals surface area contributed by atoms with Crippen molar-refractivity contribution in [3.05, 3.63) is 48.0 Å². The third-order valence-corrected chi connectivity index (χ3v) is 5.40. The molecule has 0 saturated carbocycles. The number of ether oxygens (including phenoxy) is 3. The number of hydrogen-bond donors (Lipinski definition) is 2. The van der Waals surface area contributed by atoms with Crippen molar-refractivity contribution in [2.75, 3.05) is 31.7 Å². The summed E-state index contributed by atoms with van der Waals surface area (Å²) in [5, 5.41) is 2.21. The van der Waals surface area contributed by atoms with Crippen LogP contribution < -0.4 is 19.5 Å². The van der Waals surface area contributed by atoms with Gasteiger partial charge < -0.3 is 19.5 Å². The van der Waals surface area contributed by atoms with Crippen molar-refractivity contribution in [1.82, 2.24) is 4.72 Å². The number of nitrogens with one attached hydrogen (secondary N) is 2. The Morgan fingerprint density at radius 3 is 2.48 bits per heavy atom. The molecule has 1 aliphatic heterocycles. The van der Waals surface area contributed by atoms with E-state index in [4.69, 9.17) is 9.47 Å². The lowest BCUT2D eigenvalue weighted by molar-refractivity contribution is -0.146. The van der Waals surface area contributed by atoms with E-state index in [2.05, 4.69) is 14.8 Å². The van der Waals surface area contributed by atoms with E-state index >= 15 is 0 Å². The molecule has 0 aliphatic carbocycles. The molecule has 0 fully saturated rings. The summed E-state index contributed by atoms with van der Waals surface area (Å²) in [6.45, 7) is -0.644. The second-order valence-corrected chi connectivity index (χ2v) is 8.09. The minimum absolute atomic E-state index is 0.0324. The summed E-state index contributed by atoms with van der Waals surface area (Å²) >= 11 is 0. The van der Waals surface area contributed by atoms with Crippen molar-refractivity contribution in [3.63, 3.8) is 0 Å². The van der Waals surface area contributed by atoms with Crippen LogP contribution in [-0.2, 0) is 24.3 Å². The first-order chi connectivity index (χ1) is 14.7. The quantitative estimate of drug-likeness (QED) is 0.607. The third kappa shape index (κ3) is 6.12. The number of benzene rings is 2. The van der Waals surface area contributed by atoms with Crippen LogP contribution in [0.3, 0.4) is 0 Å². The molecule has 0 aromatic heterocycles. The highest BCUT2D eigenvalue weighted by atomic mass is 32.2. The summed E-state index contributed by atoms with van der Waals surface area (Å²) in [5.41, 5.74) is -0.0324. The van der Waals surface area contributed by atoms with Crippen LogP contribution >= 0.6 is 0 Å². The highest BCUT2D eigenvalue weighted by Crippen LogP contribution is 2.31. The fourth-order valence-corrected chi connectivity index (χ4v) is 3.50. The molecule has 0 unspecified atom stereocenters. The van der Waals surface area contributed by atoms with E-state index in [1.807, 2.05) is 0 Å². The zero-order chi connectivity index (χ0) is 22.4. The van der Waals surface area contributed by atoms with Gasteiger partial charge in [0.15, 0.2) is 29.7 Å². The van der Waals surface area contributed by atoms with Crippen LogP contribution in [0.5, 0.6) is 11.5 Å². The van der Waals surface area contributed by atoms with E-state index in [1.165, 1.54) is 18.2 Å². The molecular formula is C19H18F2N2O7S. The van der Waals surface area contributed by atoms with Crippen molar-refractivity contribution < 1.29 is 41.0 Å². The summed E-state index contributed by atoms with van der Waals surface area (Å²) in [6.07, 6.45) is 0.657. The number of amides is 1. The fourth-order valence-electron chi connectivity index (χ4n) is 2.52. The van der Waals surface area contributed by atoms with Gasteiger partial charge >= 0.3 is 5.97 Å². The first-order valence-electron chi connectivity index (χ1n) is 9.04. The Morgan fingerprint density at radius 1 is 1.00 bits per heavy atom. The molecule has 1 amide bonds. The van der Waals surface area contributed by atoms with Crippen LogP contribution in [-0.4, -0.2) is 46.7 Å².